The molecule has 0 bridgehead atoms. The van der Waals surface area contributed by atoms with Crippen LogP contribution in [0.4, 0.5) is 0 Å². The molecule has 0 aromatic rings. The van der Waals surface area contributed by atoms with Crippen molar-refractivity contribution >= 4 is 0 Å². The van der Waals surface area contributed by atoms with Gasteiger partial charge in [-0.05, 0) is 0 Å². The zero-order valence-electron chi connectivity index (χ0n) is 1.50. The average molecular weight is 195 g/mol. The first-order valence-electron chi connectivity index (χ1n) is 0. The van der Waals surface area contributed by atoms with Crippen LogP contribution in [-0.2, 0) is 50.4 Å². The normalized spacial score (nSPS) is 0. The molecule has 0 fully saturated rings. The fourth-order valence-electron chi connectivity index (χ4n) is 0. The second kappa shape index (κ2) is 30.4. The van der Waals surface area contributed by atoms with Crippen molar-refractivity contribution in [2.75, 3.05) is 0 Å². The zero-order chi connectivity index (χ0) is 0. The summed E-state index contributed by atoms with van der Waals surface area (Å²) in [5.41, 5.74) is 0. The second-order valence-electron chi connectivity index (χ2n) is 0. The van der Waals surface area contributed by atoms with Gasteiger partial charge in [0.1, 0.15) is 0 Å². The van der Waals surface area contributed by atoms with Gasteiger partial charge in [-0.2, -0.15) is 0 Å². The molecule has 0 unspecified atom stereocenters. The summed E-state index contributed by atoms with van der Waals surface area (Å²) < 4.78 is 0. The Morgan fingerprint density at radius 2 is 0.750 bits per heavy atom. The molecule has 0 aliphatic heterocycles. The fourth-order valence-corrected chi connectivity index (χ4v) is 0. The van der Waals surface area contributed by atoms with Crippen LogP contribution in [0.15, 0.2) is 0 Å². The summed E-state index contributed by atoms with van der Waals surface area (Å²) >= 11 is 0. The standard InChI is InChI=1S/Ag.Mn.2O/q+1;+2;2*-2. The molecular weight excluding hydrogens is 195 g/mol. The summed E-state index contributed by atoms with van der Waals surface area (Å²) in [6, 6.07) is 0. The van der Waals surface area contributed by atoms with Crippen LogP contribution in [0, 0.1) is 0 Å². The molecule has 4 heavy (non-hydrogen) atoms. The zero-order valence-corrected chi connectivity index (χ0v) is 4.16. The summed E-state index contributed by atoms with van der Waals surface area (Å²) in [7, 11) is 0. The van der Waals surface area contributed by atoms with Crippen LogP contribution in [0.2, 0.25) is 0 Å². The molecule has 0 rings (SSSR count). The summed E-state index contributed by atoms with van der Waals surface area (Å²) in [5, 5.41) is 0. The molecule has 0 aliphatic carbocycles. The molecule has 0 aliphatic rings. The van der Waals surface area contributed by atoms with Crippen LogP contribution in [-0.4, -0.2) is 0 Å². The third-order valence-electron chi connectivity index (χ3n) is 0. The predicted molar refractivity (Wildman–Crippen MR) is 1.37 cm³/mol. The minimum atomic E-state index is 0. The smallest absolute Gasteiger partial charge is 2.00 e. The quantitative estimate of drug-likeness (QED) is 0.478. The van der Waals surface area contributed by atoms with Crippen LogP contribution in [0.5, 0.6) is 0 Å². The molecule has 0 N–H and O–H groups in total. The molecule has 31 valence electrons. The van der Waals surface area contributed by atoms with Gasteiger partial charge in [-0.15, -0.1) is 0 Å². The maximum Gasteiger partial charge on any atom is 2.00 e. The van der Waals surface area contributed by atoms with Crippen molar-refractivity contribution in [1.29, 1.82) is 0 Å². The Bertz CT molecular complexity index is 6.00. The number of rotatable bonds is 0. The summed E-state index contributed by atoms with van der Waals surface area (Å²) in [5.74, 6) is 0. The molecule has 0 aromatic carbocycles. The van der Waals surface area contributed by atoms with Gasteiger partial charge >= 0.3 is 39.4 Å². The van der Waals surface area contributed by atoms with E-state index in [2.05, 4.69) is 0 Å². The minimum Gasteiger partial charge on any atom is -2.00 e. The van der Waals surface area contributed by atoms with Gasteiger partial charge in [0, 0.05) is 0 Å². The van der Waals surface area contributed by atoms with E-state index in [1.807, 2.05) is 0 Å². The van der Waals surface area contributed by atoms with E-state index in [1.165, 1.54) is 0 Å². The topological polar surface area (TPSA) is 57.0 Å². The van der Waals surface area contributed by atoms with Crippen LogP contribution < -0.4 is 0 Å². The van der Waals surface area contributed by atoms with E-state index >= 15 is 0 Å². The Balaban J connectivity index is 0. The SMILES string of the molecule is [Ag+].[Mn+2].[O-2].[O-2]. The molecule has 0 atom stereocenters. The Morgan fingerprint density at radius 3 is 0.750 bits per heavy atom. The van der Waals surface area contributed by atoms with E-state index in [9.17, 15) is 0 Å². The van der Waals surface area contributed by atoms with Gasteiger partial charge in [-0.1, -0.05) is 0 Å². The van der Waals surface area contributed by atoms with Gasteiger partial charge in [0.2, 0.25) is 0 Å². The van der Waals surface area contributed by atoms with Crippen molar-refractivity contribution in [3.63, 3.8) is 0 Å². The van der Waals surface area contributed by atoms with Gasteiger partial charge in [-0.3, -0.25) is 0 Å². The maximum atomic E-state index is 0. The van der Waals surface area contributed by atoms with Crippen LogP contribution in [0.25, 0.3) is 0 Å². The van der Waals surface area contributed by atoms with Gasteiger partial charge in [0.05, 0.1) is 0 Å². The predicted octanol–water partition coefficient (Wildman–Crippen LogP) is -0.243. The largest absolute Gasteiger partial charge is 2.00 e. The monoisotopic (exact) mass is 194 g/mol. The minimum absolute atomic E-state index is 0. The molecule has 0 amide bonds. The van der Waals surface area contributed by atoms with Crippen molar-refractivity contribution in [1.82, 2.24) is 0 Å². The Labute approximate surface area is 50.6 Å². The van der Waals surface area contributed by atoms with Crippen molar-refractivity contribution < 1.29 is 50.4 Å². The first kappa shape index (κ1) is 65.0. The molecule has 0 heterocycles. The number of hydrogen-bond acceptors (Lipinski definition) is 0. The average Bonchev–Trinajstić information content (AvgIpc) is 0. The Hall–Kier alpha value is 1.18. The van der Waals surface area contributed by atoms with Crippen molar-refractivity contribution in [3.8, 4) is 0 Å². The molecule has 0 saturated heterocycles. The molecule has 1 radical (unpaired) electrons. The molecule has 0 spiro atoms. The maximum absolute atomic E-state index is 0. The van der Waals surface area contributed by atoms with E-state index in [4.69, 9.17) is 0 Å². The van der Waals surface area contributed by atoms with Crippen LogP contribution >= 0.6 is 0 Å². The van der Waals surface area contributed by atoms with Crippen molar-refractivity contribution in [3.05, 3.63) is 0 Å². The molecule has 4 heteroatoms. The summed E-state index contributed by atoms with van der Waals surface area (Å²) in [4.78, 5) is 0. The van der Waals surface area contributed by atoms with Crippen molar-refractivity contribution in [2.45, 2.75) is 0 Å². The van der Waals surface area contributed by atoms with Gasteiger partial charge < -0.3 is 11.0 Å². The summed E-state index contributed by atoms with van der Waals surface area (Å²) in [6.07, 6.45) is 0. The van der Waals surface area contributed by atoms with Gasteiger partial charge in [0.25, 0.3) is 0 Å². The van der Waals surface area contributed by atoms with E-state index in [0.29, 0.717) is 0 Å². The molecular formula is AgMnO2-. The van der Waals surface area contributed by atoms with E-state index in [-0.39, 0.29) is 50.4 Å². The molecule has 0 aromatic heterocycles. The van der Waals surface area contributed by atoms with Crippen LogP contribution in [0.1, 0.15) is 0 Å². The first-order valence-corrected chi connectivity index (χ1v) is 0. The van der Waals surface area contributed by atoms with Crippen LogP contribution in [0.3, 0.4) is 0 Å². The number of hydrogen-bond donors (Lipinski definition) is 0. The van der Waals surface area contributed by atoms with Crippen molar-refractivity contribution in [2.24, 2.45) is 0 Å². The van der Waals surface area contributed by atoms with Gasteiger partial charge in [-0.25, -0.2) is 0 Å². The third kappa shape index (κ3) is 10.9. The summed E-state index contributed by atoms with van der Waals surface area (Å²) in [6.45, 7) is 0. The van der Waals surface area contributed by atoms with E-state index in [0.717, 1.165) is 0 Å². The second-order valence-corrected chi connectivity index (χ2v) is 0. The van der Waals surface area contributed by atoms with E-state index < -0.39 is 0 Å². The third-order valence-corrected chi connectivity index (χ3v) is 0. The fraction of sp³-hybridized carbons (Fsp3) is 0. The van der Waals surface area contributed by atoms with Gasteiger partial charge in [0.15, 0.2) is 0 Å². The Morgan fingerprint density at radius 1 is 0.750 bits per heavy atom. The Kier molecular flexibility index (Phi) is 494. The first-order chi connectivity index (χ1) is 0. The van der Waals surface area contributed by atoms with E-state index in [1.54, 1.807) is 0 Å². The molecule has 0 saturated carbocycles. The molecule has 2 nitrogen and oxygen atoms in total.